The molecule has 43 heavy (non-hydrogen) atoms. The van der Waals surface area contributed by atoms with Crippen LogP contribution in [0.1, 0.15) is 15.9 Å². The summed E-state index contributed by atoms with van der Waals surface area (Å²) in [6.45, 7) is 8.74. The number of aryl methyl sites for hydroxylation is 1. The fraction of sp³-hybridized carbons (Fsp3) is 0.0741. The van der Waals surface area contributed by atoms with Gasteiger partial charge in [-0.3, -0.25) is 4.98 Å². The van der Waals surface area contributed by atoms with Gasteiger partial charge in [0.1, 0.15) is 4.60 Å². The molecule has 6 nitrogen and oxygen atoms in total. The Morgan fingerprint density at radius 3 is 2.12 bits per heavy atom. The van der Waals surface area contributed by atoms with Crippen LogP contribution in [0.25, 0.3) is 16.0 Å². The number of nitrogens with zero attached hydrogens (tertiary/aromatic N) is 2. The van der Waals surface area contributed by atoms with Crippen LogP contribution >= 0.6 is 95.9 Å². The molecule has 0 radical (unpaired) electrons. The average Bonchev–Trinajstić information content (AvgIpc) is 2.97. The fourth-order valence-corrected chi connectivity index (χ4v) is 4.61. The summed E-state index contributed by atoms with van der Waals surface area (Å²) in [5, 5.41) is 0.524. The first-order valence-corrected chi connectivity index (χ1v) is 24.1. The summed E-state index contributed by atoms with van der Waals surface area (Å²) in [5.41, 5.74) is 3.88. The quantitative estimate of drug-likeness (QED) is 0.0671. The Balaban J connectivity index is 0.000000317. The van der Waals surface area contributed by atoms with Gasteiger partial charge in [-0.15, -0.1) is 26.8 Å². The number of benzene rings is 3. The van der Waals surface area contributed by atoms with Crippen LogP contribution in [0.15, 0.2) is 99.0 Å². The molecule has 4 aromatic rings. The number of esters is 1. The lowest BCUT2D eigenvalue weighted by atomic mass is 10.0. The third kappa shape index (κ3) is 16.0. The van der Waals surface area contributed by atoms with Crippen LogP contribution in [-0.4, -0.2) is 26.5 Å². The van der Waals surface area contributed by atoms with E-state index in [-0.39, 0.29) is 11.9 Å². The van der Waals surface area contributed by atoms with Gasteiger partial charge in [0.15, 0.2) is 0 Å². The average molecular weight is 861 g/mol. The van der Waals surface area contributed by atoms with Gasteiger partial charge in [0.2, 0.25) is 5.69 Å². The van der Waals surface area contributed by atoms with Crippen molar-refractivity contribution in [2.24, 2.45) is 0 Å². The van der Waals surface area contributed by atoms with Crippen molar-refractivity contribution in [2.45, 2.75) is 11.8 Å². The highest BCUT2D eigenvalue weighted by molar-refractivity contribution is 9.10. The highest BCUT2D eigenvalue weighted by Crippen LogP contribution is 2.71. The summed E-state index contributed by atoms with van der Waals surface area (Å²) < 4.78 is 27.7. The van der Waals surface area contributed by atoms with Crippen LogP contribution in [-0.2, 0) is 13.8 Å². The SMILES string of the molecule is COC(=O)c1ccc(-c2cccc(Br)c2)c(Cl)c1.Cc1ccc(S(=O)(=O)Cl)cc1.PPP(P)P.[C-]#[N+]c1cccnc1Br. The Labute approximate surface area is 289 Å². The number of carbonyl (C=O) groups is 1. The van der Waals surface area contributed by atoms with Gasteiger partial charge < -0.3 is 4.74 Å². The number of aromatic nitrogens is 1. The molecule has 0 amide bonds. The fourth-order valence-electron chi connectivity index (χ4n) is 2.81. The molecule has 0 bridgehead atoms. The molecular weight excluding hydrogens is 834 g/mol. The van der Waals surface area contributed by atoms with E-state index in [1.54, 1.807) is 42.6 Å². The second kappa shape index (κ2) is 21.3. The minimum absolute atomic E-state index is 0.143. The van der Waals surface area contributed by atoms with E-state index in [1.807, 2.05) is 37.3 Å². The lowest BCUT2D eigenvalue weighted by molar-refractivity contribution is 0.0600. The molecule has 0 spiro atoms. The number of ether oxygens (including phenoxy) is 1. The van der Waals surface area contributed by atoms with Crippen molar-refractivity contribution in [3.05, 3.63) is 122 Å². The minimum atomic E-state index is -3.55. The maximum Gasteiger partial charge on any atom is 0.337 e. The third-order valence-electron chi connectivity index (χ3n) is 4.84. The van der Waals surface area contributed by atoms with Crippen LogP contribution in [0.4, 0.5) is 5.69 Å². The number of pyridine rings is 1. The number of hydrogen-bond donors (Lipinski definition) is 0. The van der Waals surface area contributed by atoms with Gasteiger partial charge in [-0.2, -0.15) is 0 Å². The molecule has 0 saturated carbocycles. The Kier molecular flexibility index (Phi) is 20.0. The van der Waals surface area contributed by atoms with E-state index in [1.165, 1.54) is 19.2 Å². The molecule has 228 valence electrons. The van der Waals surface area contributed by atoms with Crippen LogP contribution in [0, 0.1) is 13.5 Å². The standard InChI is InChI=1S/C14H10BrClO2.C7H7ClO2S.C6H3BrN2.H7P5/c1-18-14(17)10-5-6-12(13(16)8-10)9-3-2-4-11(15)7-9;1-6-2-4-7(5-3-6)11(8,9)10;1-8-5-3-2-4-9-6(5)7;1-4-5(2)3/h2-8H,1H3;2-5H,1H3;2-4H;4H,1-3H2. The normalized spacial score (nSPS) is 10.3. The maximum atomic E-state index is 11.4. The van der Waals surface area contributed by atoms with Gasteiger partial charge in [-0.1, -0.05) is 83.5 Å². The summed E-state index contributed by atoms with van der Waals surface area (Å²) >= 11 is 12.7. The zero-order chi connectivity index (χ0) is 32.6. The highest BCUT2D eigenvalue weighted by Gasteiger charge is 2.10. The lowest BCUT2D eigenvalue weighted by Crippen LogP contribution is -2.00. The van der Waals surface area contributed by atoms with Crippen LogP contribution in [0.5, 0.6) is 0 Å². The van der Waals surface area contributed by atoms with Crippen LogP contribution in [0.3, 0.4) is 0 Å². The molecular formula is C27H27Br2Cl2N2O4P5S. The molecule has 3 aromatic carbocycles. The molecule has 1 aromatic heterocycles. The zero-order valence-electron chi connectivity index (χ0n) is 22.7. The molecule has 16 heteroatoms. The molecule has 4 atom stereocenters. The number of hydrogen-bond acceptors (Lipinski definition) is 5. The first-order chi connectivity index (χ1) is 20.2. The number of methoxy groups -OCH3 is 1. The van der Waals surface area contributed by atoms with Gasteiger partial charge in [-0.05, 0) is 71.8 Å². The molecule has 1 heterocycles. The monoisotopic (exact) mass is 858 g/mol. The Morgan fingerprint density at radius 1 is 1.05 bits per heavy atom. The second-order valence-electron chi connectivity index (χ2n) is 7.91. The Morgan fingerprint density at radius 2 is 1.67 bits per heavy atom. The molecule has 0 aliphatic heterocycles. The Hall–Kier alpha value is -0.590. The molecule has 0 N–H and O–H groups in total. The van der Waals surface area contributed by atoms with Gasteiger partial charge in [-0.25, -0.2) is 18.1 Å². The molecule has 4 rings (SSSR count). The topological polar surface area (TPSA) is 77.7 Å². The Bertz CT molecular complexity index is 1650. The molecule has 0 aliphatic rings. The van der Waals surface area contributed by atoms with Crippen molar-refractivity contribution in [3.63, 3.8) is 0 Å². The summed E-state index contributed by atoms with van der Waals surface area (Å²) in [5.74, 6) is -0.391. The second-order valence-corrected chi connectivity index (χ2v) is 26.5. The van der Waals surface area contributed by atoms with Crippen LogP contribution in [0.2, 0.25) is 5.02 Å². The van der Waals surface area contributed by atoms with Gasteiger partial charge in [0, 0.05) is 31.9 Å². The van der Waals surface area contributed by atoms with Crippen LogP contribution < -0.4 is 0 Å². The summed E-state index contributed by atoms with van der Waals surface area (Å²) in [4.78, 5) is 18.6. The van der Waals surface area contributed by atoms with Crippen molar-refractivity contribution in [3.8, 4) is 11.1 Å². The van der Waals surface area contributed by atoms with E-state index in [4.69, 9.17) is 28.9 Å². The van der Waals surface area contributed by atoms with E-state index in [9.17, 15) is 13.2 Å². The number of halogens is 4. The van der Waals surface area contributed by atoms with E-state index >= 15 is 0 Å². The van der Waals surface area contributed by atoms with Crippen molar-refractivity contribution in [1.82, 2.24) is 4.98 Å². The molecule has 0 aliphatic carbocycles. The predicted octanol–water partition coefficient (Wildman–Crippen LogP) is 11.3. The minimum Gasteiger partial charge on any atom is -0.465 e. The van der Waals surface area contributed by atoms with Crippen molar-refractivity contribution in [1.29, 1.82) is 0 Å². The largest absolute Gasteiger partial charge is 0.465 e. The lowest BCUT2D eigenvalue weighted by Gasteiger charge is -2.07. The smallest absolute Gasteiger partial charge is 0.337 e. The zero-order valence-corrected chi connectivity index (χ0v) is 33.6. The molecule has 0 saturated heterocycles. The first-order valence-electron chi connectivity index (χ1n) is 11.6. The third-order valence-corrected chi connectivity index (χ3v) is 19.5. The van der Waals surface area contributed by atoms with Crippen molar-refractivity contribution >= 4 is 117 Å². The molecule has 4 unspecified atom stereocenters. The first kappa shape index (κ1) is 40.4. The molecule has 0 fully saturated rings. The number of carbonyl (C=O) groups excluding carboxylic acids is 1. The number of rotatable bonds is 4. The van der Waals surface area contributed by atoms with Gasteiger partial charge in [0.05, 0.1) is 24.1 Å². The van der Waals surface area contributed by atoms with Gasteiger partial charge >= 0.3 is 5.97 Å². The van der Waals surface area contributed by atoms with E-state index < -0.39 is 15.0 Å². The summed E-state index contributed by atoms with van der Waals surface area (Å²) in [6, 6.07) is 22.8. The summed E-state index contributed by atoms with van der Waals surface area (Å²) in [6.07, 6.45) is 1.64. The van der Waals surface area contributed by atoms with E-state index in [2.05, 4.69) is 73.2 Å². The summed E-state index contributed by atoms with van der Waals surface area (Å²) in [7, 11) is 12.1. The van der Waals surface area contributed by atoms with Crippen molar-refractivity contribution in [2.75, 3.05) is 7.11 Å². The highest BCUT2D eigenvalue weighted by atomic mass is 79.9. The maximum absolute atomic E-state index is 11.4. The van der Waals surface area contributed by atoms with E-state index in [0.29, 0.717) is 20.9 Å². The van der Waals surface area contributed by atoms with E-state index in [0.717, 1.165) is 29.1 Å². The van der Waals surface area contributed by atoms with Crippen molar-refractivity contribution < 1.29 is 17.9 Å². The van der Waals surface area contributed by atoms with Gasteiger partial charge in [0.25, 0.3) is 9.05 Å². The predicted molar refractivity (Wildman–Crippen MR) is 203 cm³/mol.